The Morgan fingerprint density at radius 1 is 1.45 bits per heavy atom. The average Bonchev–Trinajstić information content (AvgIpc) is 2.47. The van der Waals surface area contributed by atoms with Gasteiger partial charge in [0.2, 0.25) is 0 Å². The van der Waals surface area contributed by atoms with E-state index in [9.17, 15) is 9.18 Å². The van der Waals surface area contributed by atoms with Gasteiger partial charge in [0, 0.05) is 29.6 Å². The number of rotatable bonds is 4. The molecule has 104 valence electrons. The molecule has 0 spiro atoms. The fourth-order valence-corrected chi connectivity index (χ4v) is 2.16. The quantitative estimate of drug-likeness (QED) is 0.877. The van der Waals surface area contributed by atoms with Gasteiger partial charge in [0.05, 0.1) is 10.6 Å². The van der Waals surface area contributed by atoms with Crippen molar-refractivity contribution >= 4 is 17.4 Å². The number of hydrogen-bond acceptors (Lipinski definition) is 3. The molecule has 1 aromatic heterocycles. The molecule has 1 aromatic carbocycles. The number of halogens is 2. The molecular weight excluding hydrogens is 279 g/mol. The Kier molecular flexibility index (Phi) is 4.47. The van der Waals surface area contributed by atoms with Crippen LogP contribution in [0.1, 0.15) is 40.9 Å². The second-order valence-corrected chi connectivity index (χ2v) is 4.82. The number of carbonyl (C=O) groups is 1. The highest BCUT2D eigenvalue weighted by Gasteiger charge is 2.22. The SMILES string of the molecule is CC[C@H](N)c1ccc(Cl)c(C(=O)c2cccnc2)c1F. The van der Waals surface area contributed by atoms with Crippen LogP contribution in [-0.4, -0.2) is 10.8 Å². The average molecular weight is 293 g/mol. The molecule has 5 heteroatoms. The van der Waals surface area contributed by atoms with Gasteiger partial charge < -0.3 is 5.73 Å². The van der Waals surface area contributed by atoms with E-state index in [0.29, 0.717) is 12.0 Å². The molecule has 1 atom stereocenters. The van der Waals surface area contributed by atoms with E-state index in [2.05, 4.69) is 4.98 Å². The Hall–Kier alpha value is -1.78. The normalized spacial score (nSPS) is 12.2. The summed E-state index contributed by atoms with van der Waals surface area (Å²) in [5, 5.41) is 0.0726. The zero-order valence-corrected chi connectivity index (χ0v) is 11.7. The molecule has 0 aliphatic heterocycles. The lowest BCUT2D eigenvalue weighted by Gasteiger charge is -2.14. The molecule has 2 rings (SSSR count). The van der Waals surface area contributed by atoms with Crippen LogP contribution in [0, 0.1) is 5.82 Å². The molecule has 0 saturated heterocycles. The molecular formula is C15H14ClFN2O. The predicted molar refractivity (Wildman–Crippen MR) is 76.3 cm³/mol. The van der Waals surface area contributed by atoms with Crippen molar-refractivity contribution in [3.05, 3.63) is 64.2 Å². The van der Waals surface area contributed by atoms with Gasteiger partial charge in [-0.2, -0.15) is 0 Å². The minimum absolute atomic E-state index is 0.0726. The lowest BCUT2D eigenvalue weighted by Crippen LogP contribution is -2.14. The van der Waals surface area contributed by atoms with E-state index in [-0.39, 0.29) is 16.1 Å². The summed E-state index contributed by atoms with van der Waals surface area (Å²) >= 11 is 5.97. The molecule has 0 bridgehead atoms. The zero-order valence-electron chi connectivity index (χ0n) is 10.9. The minimum Gasteiger partial charge on any atom is -0.324 e. The van der Waals surface area contributed by atoms with Crippen molar-refractivity contribution in [3.8, 4) is 0 Å². The Morgan fingerprint density at radius 2 is 2.20 bits per heavy atom. The van der Waals surface area contributed by atoms with Gasteiger partial charge in [-0.15, -0.1) is 0 Å². The number of hydrogen-bond donors (Lipinski definition) is 1. The number of nitrogens with zero attached hydrogens (tertiary/aromatic N) is 1. The van der Waals surface area contributed by atoms with Gasteiger partial charge in [0.25, 0.3) is 0 Å². The monoisotopic (exact) mass is 292 g/mol. The van der Waals surface area contributed by atoms with Crippen molar-refractivity contribution < 1.29 is 9.18 Å². The second-order valence-electron chi connectivity index (χ2n) is 4.41. The summed E-state index contributed by atoms with van der Waals surface area (Å²) in [5.41, 5.74) is 6.28. The Bertz CT molecular complexity index is 631. The zero-order chi connectivity index (χ0) is 14.7. The lowest BCUT2D eigenvalue weighted by molar-refractivity contribution is 0.103. The van der Waals surface area contributed by atoms with E-state index in [0.717, 1.165) is 0 Å². The van der Waals surface area contributed by atoms with Crippen molar-refractivity contribution in [3.63, 3.8) is 0 Å². The third-order valence-corrected chi connectivity index (χ3v) is 3.43. The van der Waals surface area contributed by atoms with Gasteiger partial charge in [0.15, 0.2) is 5.78 Å². The molecule has 0 unspecified atom stereocenters. The van der Waals surface area contributed by atoms with E-state index in [1.54, 1.807) is 12.1 Å². The fourth-order valence-electron chi connectivity index (χ4n) is 1.92. The van der Waals surface area contributed by atoms with Gasteiger partial charge in [-0.05, 0) is 24.6 Å². The van der Waals surface area contributed by atoms with Crippen molar-refractivity contribution in [1.82, 2.24) is 4.98 Å². The third kappa shape index (κ3) is 2.71. The number of carbonyl (C=O) groups excluding carboxylic acids is 1. The van der Waals surface area contributed by atoms with Crippen LogP contribution in [0.15, 0.2) is 36.7 Å². The van der Waals surface area contributed by atoms with Crippen molar-refractivity contribution in [2.45, 2.75) is 19.4 Å². The van der Waals surface area contributed by atoms with Crippen molar-refractivity contribution in [2.24, 2.45) is 5.73 Å². The van der Waals surface area contributed by atoms with E-state index in [1.165, 1.54) is 24.5 Å². The Morgan fingerprint density at radius 3 is 2.80 bits per heavy atom. The van der Waals surface area contributed by atoms with Gasteiger partial charge >= 0.3 is 0 Å². The van der Waals surface area contributed by atoms with Crippen LogP contribution in [-0.2, 0) is 0 Å². The summed E-state index contributed by atoms with van der Waals surface area (Å²) in [6, 6.07) is 5.73. The Balaban J connectivity index is 2.54. The molecule has 2 aromatic rings. The first-order chi connectivity index (χ1) is 9.56. The van der Waals surface area contributed by atoms with Crippen LogP contribution in [0.3, 0.4) is 0 Å². The number of benzene rings is 1. The molecule has 20 heavy (non-hydrogen) atoms. The topological polar surface area (TPSA) is 56.0 Å². The molecule has 2 N–H and O–H groups in total. The van der Waals surface area contributed by atoms with Crippen molar-refractivity contribution in [2.75, 3.05) is 0 Å². The smallest absolute Gasteiger partial charge is 0.199 e. The van der Waals surface area contributed by atoms with E-state index < -0.39 is 17.6 Å². The first-order valence-electron chi connectivity index (χ1n) is 6.24. The van der Waals surface area contributed by atoms with Crippen LogP contribution < -0.4 is 5.73 Å². The number of aromatic nitrogens is 1. The first kappa shape index (κ1) is 14.6. The van der Waals surface area contributed by atoms with E-state index in [1.807, 2.05) is 6.92 Å². The molecule has 0 radical (unpaired) electrons. The second kappa shape index (κ2) is 6.11. The lowest BCUT2D eigenvalue weighted by atomic mass is 9.97. The van der Waals surface area contributed by atoms with Crippen LogP contribution in [0.25, 0.3) is 0 Å². The summed E-state index contributed by atoms with van der Waals surface area (Å²) in [5.74, 6) is -1.15. The number of ketones is 1. The molecule has 1 heterocycles. The summed E-state index contributed by atoms with van der Waals surface area (Å²) in [4.78, 5) is 16.2. The van der Waals surface area contributed by atoms with Crippen LogP contribution in [0.2, 0.25) is 5.02 Å². The third-order valence-electron chi connectivity index (χ3n) is 3.11. The standard InChI is InChI=1S/C15H14ClFN2O/c1-2-12(18)10-5-6-11(16)13(14(10)17)15(20)9-4-3-7-19-8-9/h3-8,12H,2,18H2,1H3/t12-/m0/s1. The van der Waals surface area contributed by atoms with Gasteiger partial charge in [-0.1, -0.05) is 24.6 Å². The molecule has 0 fully saturated rings. The predicted octanol–water partition coefficient (Wildman–Crippen LogP) is 3.51. The van der Waals surface area contributed by atoms with Crippen molar-refractivity contribution in [1.29, 1.82) is 0 Å². The minimum atomic E-state index is -0.652. The number of nitrogens with two attached hydrogens (primary N) is 1. The summed E-state index contributed by atoms with van der Waals surface area (Å²) in [6.07, 6.45) is 3.49. The van der Waals surface area contributed by atoms with Gasteiger partial charge in [-0.25, -0.2) is 4.39 Å². The highest BCUT2D eigenvalue weighted by atomic mass is 35.5. The van der Waals surface area contributed by atoms with E-state index >= 15 is 0 Å². The highest BCUT2D eigenvalue weighted by Crippen LogP contribution is 2.28. The summed E-state index contributed by atoms with van der Waals surface area (Å²) < 4.78 is 14.5. The van der Waals surface area contributed by atoms with Gasteiger partial charge in [-0.3, -0.25) is 9.78 Å². The maximum absolute atomic E-state index is 14.5. The van der Waals surface area contributed by atoms with Crippen LogP contribution in [0.4, 0.5) is 4.39 Å². The molecule has 0 aliphatic carbocycles. The molecule has 0 saturated carbocycles. The molecule has 3 nitrogen and oxygen atoms in total. The first-order valence-corrected chi connectivity index (χ1v) is 6.62. The maximum atomic E-state index is 14.5. The Labute approximate surface area is 121 Å². The molecule has 0 aliphatic rings. The maximum Gasteiger partial charge on any atom is 0.199 e. The fraction of sp³-hybridized carbons (Fsp3) is 0.200. The van der Waals surface area contributed by atoms with Crippen LogP contribution in [0.5, 0.6) is 0 Å². The van der Waals surface area contributed by atoms with Gasteiger partial charge in [0.1, 0.15) is 5.82 Å². The van der Waals surface area contributed by atoms with Crippen LogP contribution >= 0.6 is 11.6 Å². The summed E-state index contributed by atoms with van der Waals surface area (Å²) in [6.45, 7) is 1.85. The summed E-state index contributed by atoms with van der Waals surface area (Å²) in [7, 11) is 0. The largest absolute Gasteiger partial charge is 0.324 e. The molecule has 0 amide bonds. The van der Waals surface area contributed by atoms with E-state index in [4.69, 9.17) is 17.3 Å². The number of pyridine rings is 1. The highest BCUT2D eigenvalue weighted by molar-refractivity contribution is 6.35.